The predicted octanol–water partition coefficient (Wildman–Crippen LogP) is 3.62. The normalized spacial score (nSPS) is 12.0. The van der Waals surface area contributed by atoms with E-state index in [-0.39, 0.29) is 16.7 Å². The first kappa shape index (κ1) is 17.3. The van der Waals surface area contributed by atoms with E-state index in [9.17, 15) is 10.1 Å². The molecule has 0 heterocycles. The minimum atomic E-state index is -0.356. The van der Waals surface area contributed by atoms with Crippen molar-refractivity contribution >= 4 is 5.69 Å². The monoisotopic (exact) mass is 292 g/mol. The van der Waals surface area contributed by atoms with E-state index in [1.165, 1.54) is 6.07 Å². The van der Waals surface area contributed by atoms with Crippen LogP contribution in [0.3, 0.4) is 0 Å². The van der Waals surface area contributed by atoms with Crippen LogP contribution in [0.4, 0.5) is 5.69 Å². The van der Waals surface area contributed by atoms with E-state index in [4.69, 9.17) is 4.74 Å². The number of hydrogen-bond donors (Lipinski definition) is 1. The van der Waals surface area contributed by atoms with Gasteiger partial charge in [0.25, 0.3) is 5.69 Å². The standard InChI is InChI=1S/C16H24N2O3/c1-3-5-11-21-12-10-17-16(7-4-2)14-8-6-9-15(13-14)18(19)20/h3,6,8-9,13,16-17H,1,4-5,7,10-12H2,2H3. The number of rotatable bonds is 11. The Balaban J connectivity index is 2.54. The molecule has 0 aliphatic heterocycles. The molecule has 0 saturated carbocycles. The van der Waals surface area contributed by atoms with Crippen LogP contribution in [0.25, 0.3) is 0 Å². The minimum absolute atomic E-state index is 0.123. The molecular weight excluding hydrogens is 268 g/mol. The number of nitrogens with one attached hydrogen (secondary N) is 1. The first-order chi connectivity index (χ1) is 10.2. The molecule has 0 bridgehead atoms. The third-order valence-electron chi connectivity index (χ3n) is 3.16. The minimum Gasteiger partial charge on any atom is -0.380 e. The molecule has 5 heteroatoms. The molecule has 0 aliphatic carbocycles. The topological polar surface area (TPSA) is 64.4 Å². The van der Waals surface area contributed by atoms with Gasteiger partial charge in [0.1, 0.15) is 0 Å². The van der Waals surface area contributed by atoms with Crippen molar-refractivity contribution < 1.29 is 9.66 Å². The van der Waals surface area contributed by atoms with Gasteiger partial charge in [-0.2, -0.15) is 0 Å². The first-order valence-corrected chi connectivity index (χ1v) is 7.35. The molecule has 1 rings (SSSR count). The van der Waals surface area contributed by atoms with Crippen molar-refractivity contribution in [2.45, 2.75) is 32.2 Å². The highest BCUT2D eigenvalue weighted by Gasteiger charge is 2.13. The summed E-state index contributed by atoms with van der Waals surface area (Å²) in [6.45, 7) is 7.78. The van der Waals surface area contributed by atoms with E-state index in [0.29, 0.717) is 13.2 Å². The highest BCUT2D eigenvalue weighted by atomic mass is 16.6. The Morgan fingerprint density at radius 3 is 2.95 bits per heavy atom. The molecular formula is C16H24N2O3. The van der Waals surface area contributed by atoms with Crippen LogP contribution in [0.2, 0.25) is 0 Å². The van der Waals surface area contributed by atoms with Crippen molar-refractivity contribution in [3.63, 3.8) is 0 Å². The maximum absolute atomic E-state index is 10.9. The Bertz CT molecular complexity index is 449. The number of nitro groups is 1. The second-order valence-electron chi connectivity index (χ2n) is 4.84. The Kier molecular flexibility index (Phi) is 8.31. The van der Waals surface area contributed by atoms with Gasteiger partial charge in [0, 0.05) is 24.7 Å². The number of nitro benzene ring substituents is 1. The highest BCUT2D eigenvalue weighted by Crippen LogP contribution is 2.22. The fourth-order valence-electron chi connectivity index (χ4n) is 2.10. The van der Waals surface area contributed by atoms with Crippen LogP contribution in [0.1, 0.15) is 37.8 Å². The molecule has 1 aromatic rings. The Morgan fingerprint density at radius 2 is 2.29 bits per heavy atom. The number of hydrogen-bond acceptors (Lipinski definition) is 4. The third-order valence-corrected chi connectivity index (χ3v) is 3.16. The molecule has 21 heavy (non-hydrogen) atoms. The van der Waals surface area contributed by atoms with E-state index in [1.807, 2.05) is 12.1 Å². The van der Waals surface area contributed by atoms with Crippen LogP contribution in [0.5, 0.6) is 0 Å². The lowest BCUT2D eigenvalue weighted by Gasteiger charge is -2.18. The van der Waals surface area contributed by atoms with Gasteiger partial charge in [-0.1, -0.05) is 31.6 Å². The zero-order chi connectivity index (χ0) is 15.5. The van der Waals surface area contributed by atoms with Crippen LogP contribution >= 0.6 is 0 Å². The molecule has 1 atom stereocenters. The van der Waals surface area contributed by atoms with Gasteiger partial charge in [-0.15, -0.1) is 6.58 Å². The smallest absolute Gasteiger partial charge is 0.269 e. The summed E-state index contributed by atoms with van der Waals surface area (Å²) in [5, 5.41) is 14.3. The van der Waals surface area contributed by atoms with E-state index in [0.717, 1.165) is 31.4 Å². The molecule has 0 radical (unpaired) electrons. The van der Waals surface area contributed by atoms with Gasteiger partial charge in [0.15, 0.2) is 0 Å². The lowest BCUT2D eigenvalue weighted by atomic mass is 10.0. The molecule has 0 aromatic heterocycles. The SMILES string of the molecule is C=CCCOCCNC(CCC)c1cccc([N+](=O)[O-])c1. The summed E-state index contributed by atoms with van der Waals surface area (Å²) in [7, 11) is 0. The van der Waals surface area contributed by atoms with Gasteiger partial charge in [0.05, 0.1) is 18.1 Å². The zero-order valence-corrected chi connectivity index (χ0v) is 12.6. The summed E-state index contributed by atoms with van der Waals surface area (Å²) >= 11 is 0. The van der Waals surface area contributed by atoms with Gasteiger partial charge in [-0.3, -0.25) is 10.1 Å². The predicted molar refractivity (Wildman–Crippen MR) is 84.4 cm³/mol. The number of ether oxygens (including phenoxy) is 1. The number of nitrogens with zero attached hydrogens (tertiary/aromatic N) is 1. The van der Waals surface area contributed by atoms with Gasteiger partial charge >= 0.3 is 0 Å². The van der Waals surface area contributed by atoms with Crippen molar-refractivity contribution in [1.29, 1.82) is 0 Å². The van der Waals surface area contributed by atoms with Crippen molar-refractivity contribution in [1.82, 2.24) is 5.32 Å². The van der Waals surface area contributed by atoms with Gasteiger partial charge in [-0.05, 0) is 18.4 Å². The van der Waals surface area contributed by atoms with Crippen LogP contribution in [-0.4, -0.2) is 24.7 Å². The molecule has 0 amide bonds. The number of non-ortho nitro benzene ring substituents is 1. The maximum Gasteiger partial charge on any atom is 0.269 e. The molecule has 5 nitrogen and oxygen atoms in total. The molecule has 116 valence electrons. The summed E-state index contributed by atoms with van der Waals surface area (Å²) in [5.74, 6) is 0. The van der Waals surface area contributed by atoms with E-state index in [1.54, 1.807) is 12.1 Å². The van der Waals surface area contributed by atoms with E-state index < -0.39 is 0 Å². The lowest BCUT2D eigenvalue weighted by molar-refractivity contribution is -0.384. The van der Waals surface area contributed by atoms with E-state index in [2.05, 4.69) is 18.8 Å². The lowest BCUT2D eigenvalue weighted by Crippen LogP contribution is -2.25. The summed E-state index contributed by atoms with van der Waals surface area (Å²) < 4.78 is 5.46. The van der Waals surface area contributed by atoms with Crippen molar-refractivity contribution in [3.05, 3.63) is 52.6 Å². The third kappa shape index (κ3) is 6.51. The molecule has 0 aliphatic rings. The average Bonchev–Trinajstić information content (AvgIpc) is 2.49. The zero-order valence-electron chi connectivity index (χ0n) is 12.6. The Labute approximate surface area is 126 Å². The van der Waals surface area contributed by atoms with Crippen LogP contribution in [-0.2, 0) is 4.74 Å². The molecule has 0 fully saturated rings. The quantitative estimate of drug-likeness (QED) is 0.293. The van der Waals surface area contributed by atoms with Gasteiger partial charge in [-0.25, -0.2) is 0 Å². The molecule has 0 saturated heterocycles. The Morgan fingerprint density at radius 1 is 1.48 bits per heavy atom. The second-order valence-corrected chi connectivity index (χ2v) is 4.84. The summed E-state index contributed by atoms with van der Waals surface area (Å²) in [6, 6.07) is 6.95. The second kappa shape index (κ2) is 10.1. The molecule has 1 unspecified atom stereocenters. The van der Waals surface area contributed by atoms with Crippen LogP contribution in [0, 0.1) is 10.1 Å². The molecule has 1 aromatic carbocycles. The van der Waals surface area contributed by atoms with Crippen molar-refractivity contribution in [3.8, 4) is 0 Å². The highest BCUT2D eigenvalue weighted by molar-refractivity contribution is 5.35. The van der Waals surface area contributed by atoms with Crippen molar-refractivity contribution in [2.75, 3.05) is 19.8 Å². The summed E-state index contributed by atoms with van der Waals surface area (Å²) in [5.41, 5.74) is 1.09. The largest absolute Gasteiger partial charge is 0.380 e. The van der Waals surface area contributed by atoms with Crippen LogP contribution < -0.4 is 5.32 Å². The number of benzene rings is 1. The fraction of sp³-hybridized carbons (Fsp3) is 0.500. The summed E-state index contributed by atoms with van der Waals surface area (Å²) in [6.07, 6.45) is 4.63. The molecule has 0 spiro atoms. The van der Waals surface area contributed by atoms with Gasteiger partial charge < -0.3 is 10.1 Å². The van der Waals surface area contributed by atoms with Gasteiger partial charge in [0.2, 0.25) is 0 Å². The van der Waals surface area contributed by atoms with Crippen molar-refractivity contribution in [2.24, 2.45) is 0 Å². The Hall–Kier alpha value is -1.72. The van der Waals surface area contributed by atoms with E-state index >= 15 is 0 Å². The fourth-order valence-corrected chi connectivity index (χ4v) is 2.10. The molecule has 1 N–H and O–H groups in total. The first-order valence-electron chi connectivity index (χ1n) is 7.35. The summed E-state index contributed by atoms with van der Waals surface area (Å²) in [4.78, 5) is 10.5. The average molecular weight is 292 g/mol. The maximum atomic E-state index is 10.9. The van der Waals surface area contributed by atoms with Crippen LogP contribution in [0.15, 0.2) is 36.9 Å².